The molecule has 1 saturated carbocycles. The highest BCUT2D eigenvalue weighted by Crippen LogP contribution is 2.26. The van der Waals surface area contributed by atoms with Gasteiger partial charge in [-0.15, -0.1) is 11.8 Å². The summed E-state index contributed by atoms with van der Waals surface area (Å²) in [7, 11) is 0. The molecule has 1 aromatic carbocycles. The molecule has 116 valence electrons. The molecule has 4 heteroatoms. The Morgan fingerprint density at radius 3 is 2.43 bits per heavy atom. The van der Waals surface area contributed by atoms with E-state index in [1.165, 1.54) is 30.2 Å². The van der Waals surface area contributed by atoms with Crippen LogP contribution in [0.4, 0.5) is 0 Å². The zero-order valence-corrected chi connectivity index (χ0v) is 13.5. The molecule has 1 fully saturated rings. The molecule has 0 aliphatic heterocycles. The zero-order valence-electron chi connectivity index (χ0n) is 12.7. The number of aliphatic hydroxyl groups is 1. The van der Waals surface area contributed by atoms with Gasteiger partial charge in [0.1, 0.15) is 0 Å². The van der Waals surface area contributed by atoms with Crippen molar-refractivity contribution in [2.75, 3.05) is 12.3 Å². The molecule has 0 saturated heterocycles. The predicted molar refractivity (Wildman–Crippen MR) is 87.6 cm³/mol. The van der Waals surface area contributed by atoms with E-state index in [4.69, 9.17) is 0 Å². The normalized spacial score (nSPS) is 18.0. The average molecular weight is 307 g/mol. The Morgan fingerprint density at radius 1 is 1.19 bits per heavy atom. The number of rotatable bonds is 5. The first kappa shape index (κ1) is 16.4. The maximum Gasteiger partial charge on any atom is 0.230 e. The fourth-order valence-electron chi connectivity index (χ4n) is 2.66. The first-order chi connectivity index (χ1) is 10.1. The number of hydrogen-bond acceptors (Lipinski definition) is 3. The Kier molecular flexibility index (Phi) is 6.12. The van der Waals surface area contributed by atoms with Gasteiger partial charge in [0.25, 0.3) is 0 Å². The smallest absolute Gasteiger partial charge is 0.230 e. The van der Waals surface area contributed by atoms with Crippen LogP contribution in [-0.2, 0) is 4.79 Å². The van der Waals surface area contributed by atoms with Gasteiger partial charge in [-0.05, 0) is 31.9 Å². The molecule has 0 aromatic heterocycles. The van der Waals surface area contributed by atoms with Gasteiger partial charge in [0.05, 0.1) is 11.4 Å². The molecule has 1 amide bonds. The molecule has 0 unspecified atom stereocenters. The van der Waals surface area contributed by atoms with E-state index in [0.29, 0.717) is 12.3 Å². The van der Waals surface area contributed by atoms with Crippen LogP contribution in [0.25, 0.3) is 0 Å². The van der Waals surface area contributed by atoms with E-state index in [1.807, 2.05) is 12.1 Å². The third kappa shape index (κ3) is 5.71. The van der Waals surface area contributed by atoms with E-state index >= 15 is 0 Å². The maximum atomic E-state index is 11.9. The lowest BCUT2D eigenvalue weighted by Crippen LogP contribution is -2.43. The van der Waals surface area contributed by atoms with Crippen molar-refractivity contribution in [3.63, 3.8) is 0 Å². The minimum Gasteiger partial charge on any atom is -0.388 e. The van der Waals surface area contributed by atoms with E-state index < -0.39 is 5.60 Å². The van der Waals surface area contributed by atoms with Crippen LogP contribution in [-0.4, -0.2) is 28.9 Å². The van der Waals surface area contributed by atoms with Gasteiger partial charge >= 0.3 is 0 Å². The number of hydrogen-bond donors (Lipinski definition) is 2. The quantitative estimate of drug-likeness (QED) is 0.648. The molecule has 1 aromatic rings. The molecule has 0 bridgehead atoms. The summed E-state index contributed by atoms with van der Waals surface area (Å²) in [5.74, 6) is 0.400. The first-order valence-corrected chi connectivity index (χ1v) is 8.75. The second-order valence-corrected chi connectivity index (χ2v) is 7.07. The molecule has 1 aliphatic carbocycles. The molecule has 0 radical (unpaired) electrons. The molecule has 21 heavy (non-hydrogen) atoms. The van der Waals surface area contributed by atoms with Crippen molar-refractivity contribution < 1.29 is 9.90 Å². The third-order valence-electron chi connectivity index (χ3n) is 4.04. The second-order valence-electron chi connectivity index (χ2n) is 6.02. The van der Waals surface area contributed by atoms with Crippen molar-refractivity contribution in [2.45, 2.75) is 55.9 Å². The molecule has 0 heterocycles. The summed E-state index contributed by atoms with van der Waals surface area (Å²) in [4.78, 5) is 13.0. The minimum absolute atomic E-state index is 0.00162. The zero-order chi connectivity index (χ0) is 15.1. The topological polar surface area (TPSA) is 49.3 Å². The first-order valence-electron chi connectivity index (χ1n) is 7.76. The van der Waals surface area contributed by atoms with E-state index in [9.17, 15) is 9.90 Å². The van der Waals surface area contributed by atoms with E-state index in [1.54, 1.807) is 0 Å². The lowest BCUT2D eigenvalue weighted by molar-refractivity contribution is -0.120. The number of nitrogens with one attached hydrogen (secondary N) is 1. The maximum absolute atomic E-state index is 11.9. The number of carbonyl (C=O) groups is 1. The average Bonchev–Trinajstić information content (AvgIpc) is 2.70. The van der Waals surface area contributed by atoms with Crippen LogP contribution in [0.1, 0.15) is 44.1 Å². The van der Waals surface area contributed by atoms with Crippen LogP contribution in [0, 0.1) is 6.92 Å². The highest BCUT2D eigenvalue weighted by Gasteiger charge is 2.28. The van der Waals surface area contributed by atoms with Crippen molar-refractivity contribution in [2.24, 2.45) is 0 Å². The van der Waals surface area contributed by atoms with Gasteiger partial charge < -0.3 is 10.4 Å². The van der Waals surface area contributed by atoms with Gasteiger partial charge in [-0.1, -0.05) is 43.4 Å². The summed E-state index contributed by atoms with van der Waals surface area (Å²) in [5, 5.41) is 13.4. The largest absolute Gasteiger partial charge is 0.388 e. The molecule has 2 N–H and O–H groups in total. The number of thioether (sulfide) groups is 1. The summed E-state index contributed by atoms with van der Waals surface area (Å²) in [6.45, 7) is 2.44. The standard InChI is InChI=1S/C17H25NO2S/c1-14-6-8-15(9-7-14)21-12-16(19)18-13-17(20)10-4-2-3-5-11-17/h6-9,20H,2-5,10-13H2,1H3,(H,18,19). The monoisotopic (exact) mass is 307 g/mol. The van der Waals surface area contributed by atoms with Crippen LogP contribution < -0.4 is 5.32 Å². The second kappa shape index (κ2) is 7.85. The van der Waals surface area contributed by atoms with Crippen LogP contribution in [0.2, 0.25) is 0 Å². The molecule has 0 spiro atoms. The van der Waals surface area contributed by atoms with Crippen LogP contribution in [0.15, 0.2) is 29.2 Å². The summed E-state index contributed by atoms with van der Waals surface area (Å²) in [5.41, 5.74) is 0.528. The third-order valence-corrected chi connectivity index (χ3v) is 5.05. The highest BCUT2D eigenvalue weighted by atomic mass is 32.2. The number of aryl methyl sites for hydroxylation is 1. The van der Waals surface area contributed by atoms with Crippen LogP contribution >= 0.6 is 11.8 Å². The van der Waals surface area contributed by atoms with Gasteiger partial charge in [-0.3, -0.25) is 4.79 Å². The van der Waals surface area contributed by atoms with Gasteiger partial charge in [-0.2, -0.15) is 0 Å². The van der Waals surface area contributed by atoms with Crippen LogP contribution in [0.5, 0.6) is 0 Å². The highest BCUT2D eigenvalue weighted by molar-refractivity contribution is 8.00. The van der Waals surface area contributed by atoms with Crippen molar-refractivity contribution in [1.29, 1.82) is 0 Å². The van der Waals surface area contributed by atoms with Crippen LogP contribution in [0.3, 0.4) is 0 Å². The summed E-state index contributed by atoms with van der Waals surface area (Å²) in [6, 6.07) is 8.17. The number of amides is 1. The van der Waals surface area contributed by atoms with Crippen molar-refractivity contribution in [3.8, 4) is 0 Å². The van der Waals surface area contributed by atoms with Gasteiger partial charge in [0.2, 0.25) is 5.91 Å². The Hall–Kier alpha value is -1.00. The minimum atomic E-state index is -0.694. The lowest BCUT2D eigenvalue weighted by Gasteiger charge is -2.26. The number of carbonyl (C=O) groups excluding carboxylic acids is 1. The fourth-order valence-corrected chi connectivity index (χ4v) is 3.39. The number of benzene rings is 1. The fraction of sp³-hybridized carbons (Fsp3) is 0.588. The van der Waals surface area contributed by atoms with Gasteiger partial charge in [0, 0.05) is 11.4 Å². The molecular weight excluding hydrogens is 282 g/mol. The van der Waals surface area contributed by atoms with Crippen molar-refractivity contribution >= 4 is 17.7 Å². The predicted octanol–water partition coefficient (Wildman–Crippen LogP) is 3.29. The van der Waals surface area contributed by atoms with E-state index in [-0.39, 0.29) is 5.91 Å². The molecule has 0 atom stereocenters. The van der Waals surface area contributed by atoms with Crippen molar-refractivity contribution in [1.82, 2.24) is 5.32 Å². The molecular formula is C17H25NO2S. The summed E-state index contributed by atoms with van der Waals surface area (Å²) in [6.07, 6.45) is 6.12. The lowest BCUT2D eigenvalue weighted by atomic mass is 9.94. The molecule has 1 aliphatic rings. The van der Waals surface area contributed by atoms with E-state index in [0.717, 1.165) is 30.6 Å². The Bertz CT molecular complexity index is 450. The van der Waals surface area contributed by atoms with E-state index in [2.05, 4.69) is 24.4 Å². The van der Waals surface area contributed by atoms with Gasteiger partial charge in [0.15, 0.2) is 0 Å². The summed E-state index contributed by atoms with van der Waals surface area (Å²) < 4.78 is 0. The molecule has 3 nitrogen and oxygen atoms in total. The van der Waals surface area contributed by atoms with Gasteiger partial charge in [-0.25, -0.2) is 0 Å². The SMILES string of the molecule is Cc1ccc(SCC(=O)NCC2(O)CCCCCC2)cc1. The Balaban J connectivity index is 1.72. The van der Waals surface area contributed by atoms with Crippen molar-refractivity contribution in [3.05, 3.63) is 29.8 Å². The Morgan fingerprint density at radius 2 is 1.81 bits per heavy atom. The summed E-state index contributed by atoms with van der Waals surface area (Å²) >= 11 is 1.53. The Labute approximate surface area is 131 Å². The molecule has 2 rings (SSSR count).